The molecule has 5 heteroatoms. The summed E-state index contributed by atoms with van der Waals surface area (Å²) in [6, 6.07) is 8.64. The Kier molecular flexibility index (Phi) is 3.92. The summed E-state index contributed by atoms with van der Waals surface area (Å²) in [5.74, 6) is 2.33. The highest BCUT2D eigenvalue weighted by Crippen LogP contribution is 2.35. The molecule has 0 unspecified atom stereocenters. The minimum absolute atomic E-state index is 0.237. The van der Waals surface area contributed by atoms with Gasteiger partial charge in [-0.1, -0.05) is 26.0 Å². The molecule has 0 spiro atoms. The summed E-state index contributed by atoms with van der Waals surface area (Å²) in [4.78, 5) is 7.41. The average Bonchev–Trinajstić information content (AvgIpc) is 3.24. The minimum Gasteiger partial charge on any atom is -0.356 e. The Morgan fingerprint density at radius 1 is 1.07 bits per heavy atom. The molecule has 5 rings (SSSR count). The van der Waals surface area contributed by atoms with Crippen LogP contribution in [-0.2, 0) is 12.8 Å². The fourth-order valence-corrected chi connectivity index (χ4v) is 4.91. The number of hydrogen-bond acceptors (Lipinski definition) is 3. The molecule has 1 aromatic carbocycles. The summed E-state index contributed by atoms with van der Waals surface area (Å²) >= 11 is 0. The van der Waals surface area contributed by atoms with E-state index in [-0.39, 0.29) is 5.82 Å². The summed E-state index contributed by atoms with van der Waals surface area (Å²) < 4.78 is 15.7. The lowest BCUT2D eigenvalue weighted by Gasteiger charge is -2.37. The topological polar surface area (TPSA) is 33.4 Å². The van der Waals surface area contributed by atoms with Crippen molar-refractivity contribution in [1.29, 1.82) is 0 Å². The van der Waals surface area contributed by atoms with Crippen LogP contribution in [0, 0.1) is 17.7 Å². The average molecular weight is 364 g/mol. The largest absolute Gasteiger partial charge is 0.356 e. The van der Waals surface area contributed by atoms with Crippen molar-refractivity contribution >= 4 is 11.5 Å². The van der Waals surface area contributed by atoms with Crippen LogP contribution in [0.5, 0.6) is 0 Å². The van der Waals surface area contributed by atoms with Gasteiger partial charge in [0, 0.05) is 36.0 Å². The van der Waals surface area contributed by atoms with E-state index in [1.165, 1.54) is 29.6 Å². The Morgan fingerprint density at radius 3 is 2.67 bits per heavy atom. The molecule has 1 saturated heterocycles. The van der Waals surface area contributed by atoms with E-state index >= 15 is 0 Å². The highest BCUT2D eigenvalue weighted by atomic mass is 19.1. The van der Waals surface area contributed by atoms with Gasteiger partial charge in [-0.25, -0.2) is 9.37 Å². The molecule has 0 radical (unpaired) electrons. The number of fused-ring (bicyclic) bond motifs is 2. The summed E-state index contributed by atoms with van der Waals surface area (Å²) in [6.45, 7) is 6.79. The van der Waals surface area contributed by atoms with Crippen molar-refractivity contribution in [1.82, 2.24) is 14.6 Å². The number of hydrogen-bond donors (Lipinski definition) is 0. The Morgan fingerprint density at radius 2 is 1.89 bits per heavy atom. The van der Waals surface area contributed by atoms with Gasteiger partial charge < -0.3 is 4.90 Å². The second kappa shape index (κ2) is 6.32. The molecular weight excluding hydrogens is 339 g/mol. The minimum atomic E-state index is -0.237. The normalized spacial score (nSPS) is 22.4. The van der Waals surface area contributed by atoms with Gasteiger partial charge >= 0.3 is 0 Å². The van der Waals surface area contributed by atoms with E-state index in [1.807, 2.05) is 16.6 Å². The molecule has 1 aliphatic heterocycles. The van der Waals surface area contributed by atoms with E-state index in [0.29, 0.717) is 11.8 Å². The molecule has 2 atom stereocenters. The van der Waals surface area contributed by atoms with Crippen molar-refractivity contribution in [2.45, 2.75) is 39.5 Å². The smallest absolute Gasteiger partial charge is 0.158 e. The Balaban J connectivity index is 1.68. The molecule has 2 aliphatic rings. The molecular formula is C22H25FN4. The molecule has 0 bridgehead atoms. The molecule has 0 N–H and O–H groups in total. The first kappa shape index (κ1) is 16.7. The lowest BCUT2D eigenvalue weighted by Crippen LogP contribution is -2.40. The monoisotopic (exact) mass is 364 g/mol. The van der Waals surface area contributed by atoms with Crippen LogP contribution in [0.15, 0.2) is 30.3 Å². The Bertz CT molecular complexity index is 999. The highest BCUT2D eigenvalue weighted by Gasteiger charge is 2.29. The van der Waals surface area contributed by atoms with Crippen molar-refractivity contribution in [2.75, 3.05) is 18.0 Å². The van der Waals surface area contributed by atoms with Gasteiger partial charge in [0.2, 0.25) is 0 Å². The number of anilines is 1. The van der Waals surface area contributed by atoms with Gasteiger partial charge in [0.05, 0.1) is 5.69 Å². The van der Waals surface area contributed by atoms with E-state index in [1.54, 1.807) is 12.1 Å². The Hall–Kier alpha value is -2.43. The molecule has 3 aromatic rings. The second-order valence-corrected chi connectivity index (χ2v) is 8.38. The summed E-state index contributed by atoms with van der Waals surface area (Å²) in [6.07, 6.45) is 4.55. The second-order valence-electron chi connectivity index (χ2n) is 8.38. The van der Waals surface area contributed by atoms with E-state index in [0.717, 1.165) is 49.3 Å². The summed E-state index contributed by atoms with van der Waals surface area (Å²) in [5, 5.41) is 4.87. The van der Waals surface area contributed by atoms with Crippen LogP contribution in [0.1, 0.15) is 37.9 Å². The van der Waals surface area contributed by atoms with Crippen LogP contribution < -0.4 is 4.90 Å². The van der Waals surface area contributed by atoms with E-state index < -0.39 is 0 Å². The molecule has 3 heterocycles. The van der Waals surface area contributed by atoms with Crippen LogP contribution in [0.3, 0.4) is 0 Å². The number of nitrogens with zero attached hydrogens (tertiary/aromatic N) is 4. The zero-order chi connectivity index (χ0) is 18.5. The maximum atomic E-state index is 13.7. The van der Waals surface area contributed by atoms with Crippen molar-refractivity contribution in [3.63, 3.8) is 0 Å². The molecule has 0 saturated carbocycles. The van der Waals surface area contributed by atoms with Gasteiger partial charge in [-0.15, -0.1) is 0 Å². The maximum absolute atomic E-state index is 13.7. The fraction of sp³-hybridized carbons (Fsp3) is 0.455. The Labute approximate surface area is 159 Å². The van der Waals surface area contributed by atoms with Gasteiger partial charge in [-0.2, -0.15) is 9.61 Å². The predicted octanol–water partition coefficient (Wildman–Crippen LogP) is 4.51. The van der Waals surface area contributed by atoms with Crippen LogP contribution in [0.25, 0.3) is 16.9 Å². The number of aryl methyl sites for hydroxylation is 1. The van der Waals surface area contributed by atoms with E-state index in [4.69, 9.17) is 10.1 Å². The van der Waals surface area contributed by atoms with E-state index in [9.17, 15) is 4.39 Å². The number of piperidine rings is 1. The summed E-state index contributed by atoms with van der Waals surface area (Å²) in [5.41, 5.74) is 5.03. The summed E-state index contributed by atoms with van der Waals surface area (Å²) in [7, 11) is 0. The molecule has 1 aliphatic carbocycles. The van der Waals surface area contributed by atoms with Crippen LogP contribution in [-0.4, -0.2) is 27.7 Å². The number of benzene rings is 1. The number of halogens is 1. The van der Waals surface area contributed by atoms with Crippen molar-refractivity contribution < 1.29 is 4.39 Å². The zero-order valence-electron chi connectivity index (χ0n) is 16.0. The van der Waals surface area contributed by atoms with Gasteiger partial charge in [0.15, 0.2) is 5.65 Å². The van der Waals surface area contributed by atoms with E-state index in [2.05, 4.69) is 18.7 Å². The molecule has 0 amide bonds. The third-order valence-corrected chi connectivity index (χ3v) is 5.89. The quantitative estimate of drug-likeness (QED) is 0.671. The third kappa shape index (κ3) is 2.89. The molecule has 2 aromatic heterocycles. The first-order valence-electron chi connectivity index (χ1n) is 10.0. The van der Waals surface area contributed by atoms with Gasteiger partial charge in [0.25, 0.3) is 0 Å². The van der Waals surface area contributed by atoms with Crippen molar-refractivity contribution in [3.05, 3.63) is 47.4 Å². The fourth-order valence-electron chi connectivity index (χ4n) is 4.91. The third-order valence-electron chi connectivity index (χ3n) is 5.89. The van der Waals surface area contributed by atoms with Crippen LogP contribution in [0.2, 0.25) is 0 Å². The van der Waals surface area contributed by atoms with Crippen molar-refractivity contribution in [2.24, 2.45) is 11.8 Å². The van der Waals surface area contributed by atoms with Crippen LogP contribution in [0.4, 0.5) is 10.2 Å². The van der Waals surface area contributed by atoms with Crippen LogP contribution >= 0.6 is 0 Å². The highest BCUT2D eigenvalue weighted by molar-refractivity contribution is 5.67. The standard InChI is InChI=1S/C22H25FN4/c1-14-9-15(2)13-26(12-14)22-18-7-4-8-19(18)24-21-11-20(25-27(21)22)16-5-3-6-17(23)10-16/h3,5-6,10-11,14-15H,4,7-9,12-13H2,1-2H3/t14-,15+. The predicted molar refractivity (Wildman–Crippen MR) is 106 cm³/mol. The molecule has 140 valence electrons. The number of rotatable bonds is 2. The first-order chi connectivity index (χ1) is 13.1. The van der Waals surface area contributed by atoms with Gasteiger partial charge in [-0.05, 0) is 49.7 Å². The molecule has 27 heavy (non-hydrogen) atoms. The number of aromatic nitrogens is 3. The first-order valence-corrected chi connectivity index (χ1v) is 10.0. The van der Waals surface area contributed by atoms with Gasteiger partial charge in [0.1, 0.15) is 11.6 Å². The SMILES string of the molecule is C[C@@H]1C[C@H](C)CN(c2c3c(nc4cc(-c5cccc(F)c5)nn24)CCC3)C1. The van der Waals surface area contributed by atoms with Crippen molar-refractivity contribution in [3.8, 4) is 11.3 Å². The maximum Gasteiger partial charge on any atom is 0.158 e. The molecule has 4 nitrogen and oxygen atoms in total. The van der Waals surface area contributed by atoms with Gasteiger partial charge in [-0.3, -0.25) is 0 Å². The lowest BCUT2D eigenvalue weighted by molar-refractivity contribution is 0.353. The zero-order valence-corrected chi connectivity index (χ0v) is 16.0. The molecule has 1 fully saturated rings. The lowest BCUT2D eigenvalue weighted by atomic mass is 9.91.